The van der Waals surface area contributed by atoms with Crippen molar-refractivity contribution < 1.29 is 13.9 Å². The normalized spacial score (nSPS) is 11.7. The number of phenols is 1. The van der Waals surface area contributed by atoms with Crippen LogP contribution in [0.3, 0.4) is 0 Å². The maximum absolute atomic E-state index is 12.2. The van der Waals surface area contributed by atoms with E-state index in [1.165, 1.54) is 6.07 Å². The maximum Gasteiger partial charge on any atom is 0.348 e. The molecule has 104 valence electrons. The van der Waals surface area contributed by atoms with Crippen LogP contribution < -0.4 is 5.63 Å². The minimum absolute atomic E-state index is 0.0504. The lowest BCUT2D eigenvalue weighted by Crippen LogP contribution is -1.98. The lowest BCUT2D eigenvalue weighted by Gasteiger charge is -1.97. The predicted molar refractivity (Wildman–Crippen MR) is 80.8 cm³/mol. The smallest absolute Gasteiger partial charge is 0.348 e. The average Bonchev–Trinajstić information content (AvgIpc) is 2.85. The Labute approximate surface area is 119 Å². The van der Waals surface area contributed by atoms with Crippen molar-refractivity contribution in [3.8, 4) is 5.75 Å². The number of aromatic hydroxyl groups is 1. The number of furan rings is 1. The Morgan fingerprint density at radius 3 is 2.57 bits per heavy atom. The Balaban J connectivity index is 2.25. The van der Waals surface area contributed by atoms with Gasteiger partial charge in [0.05, 0.1) is 5.39 Å². The van der Waals surface area contributed by atoms with Crippen LogP contribution in [0.4, 0.5) is 0 Å². The molecule has 4 rings (SSSR count). The SMILES string of the molecule is CCc1ccc2c(c1)oc1c3ccc(O)cc3oc(=O)c21. The highest BCUT2D eigenvalue weighted by Crippen LogP contribution is 2.33. The van der Waals surface area contributed by atoms with Crippen molar-refractivity contribution in [2.45, 2.75) is 13.3 Å². The minimum Gasteiger partial charge on any atom is -0.508 e. The van der Waals surface area contributed by atoms with Gasteiger partial charge in [0.25, 0.3) is 0 Å². The number of hydrogen-bond acceptors (Lipinski definition) is 4. The fourth-order valence-corrected chi connectivity index (χ4v) is 2.69. The summed E-state index contributed by atoms with van der Waals surface area (Å²) in [5, 5.41) is 11.4. The second kappa shape index (κ2) is 4.12. The molecule has 4 aromatic rings. The molecule has 4 heteroatoms. The molecule has 0 bridgehead atoms. The standard InChI is InChI=1S/C17H12O4/c1-2-9-3-5-11-13(7-9)20-16-12-6-4-10(18)8-14(12)21-17(19)15(11)16/h3-8,18H,2H2,1H3. The second-order valence-corrected chi connectivity index (χ2v) is 5.06. The number of fused-ring (bicyclic) bond motifs is 5. The van der Waals surface area contributed by atoms with Gasteiger partial charge in [0.2, 0.25) is 0 Å². The van der Waals surface area contributed by atoms with Crippen molar-refractivity contribution in [3.05, 3.63) is 52.4 Å². The molecule has 0 amide bonds. The summed E-state index contributed by atoms with van der Waals surface area (Å²) >= 11 is 0. The Morgan fingerprint density at radius 1 is 1.00 bits per heavy atom. The van der Waals surface area contributed by atoms with E-state index in [1.807, 2.05) is 18.2 Å². The molecule has 0 aliphatic rings. The minimum atomic E-state index is -0.453. The highest BCUT2D eigenvalue weighted by atomic mass is 16.4. The van der Waals surface area contributed by atoms with Gasteiger partial charge in [0.1, 0.15) is 22.3 Å². The van der Waals surface area contributed by atoms with E-state index >= 15 is 0 Å². The number of aryl methyl sites for hydroxylation is 1. The monoisotopic (exact) mass is 280 g/mol. The lowest BCUT2D eigenvalue weighted by atomic mass is 10.1. The van der Waals surface area contributed by atoms with Gasteiger partial charge < -0.3 is 13.9 Å². The van der Waals surface area contributed by atoms with Gasteiger partial charge in [-0.25, -0.2) is 4.79 Å². The first kappa shape index (κ1) is 12.0. The summed E-state index contributed by atoms with van der Waals surface area (Å²) in [6, 6.07) is 10.5. The van der Waals surface area contributed by atoms with Crippen molar-refractivity contribution in [1.82, 2.24) is 0 Å². The molecule has 0 aliphatic heterocycles. The zero-order valence-corrected chi connectivity index (χ0v) is 11.3. The number of benzene rings is 2. The molecule has 0 radical (unpaired) electrons. The Bertz CT molecular complexity index is 1050. The molecular weight excluding hydrogens is 268 g/mol. The molecule has 2 aromatic heterocycles. The molecule has 0 fully saturated rings. The van der Waals surface area contributed by atoms with Crippen LogP contribution in [0.2, 0.25) is 0 Å². The first-order chi connectivity index (χ1) is 10.2. The molecule has 0 spiro atoms. The second-order valence-electron chi connectivity index (χ2n) is 5.06. The van der Waals surface area contributed by atoms with E-state index in [0.717, 1.165) is 17.4 Å². The molecular formula is C17H12O4. The zero-order valence-electron chi connectivity index (χ0n) is 11.3. The van der Waals surface area contributed by atoms with E-state index in [1.54, 1.807) is 12.1 Å². The van der Waals surface area contributed by atoms with Crippen LogP contribution in [0, 0.1) is 0 Å². The molecule has 0 atom stereocenters. The topological polar surface area (TPSA) is 63.6 Å². The largest absolute Gasteiger partial charge is 0.508 e. The third-order valence-corrected chi connectivity index (χ3v) is 3.78. The van der Waals surface area contributed by atoms with E-state index in [9.17, 15) is 9.90 Å². The van der Waals surface area contributed by atoms with Crippen molar-refractivity contribution in [2.75, 3.05) is 0 Å². The number of hydrogen-bond donors (Lipinski definition) is 1. The maximum atomic E-state index is 12.2. The molecule has 2 heterocycles. The Hall–Kier alpha value is -2.75. The molecule has 4 nitrogen and oxygen atoms in total. The van der Waals surface area contributed by atoms with Crippen molar-refractivity contribution in [3.63, 3.8) is 0 Å². The molecule has 0 saturated carbocycles. The van der Waals surface area contributed by atoms with Crippen LogP contribution in [0.5, 0.6) is 5.75 Å². The van der Waals surface area contributed by atoms with Gasteiger partial charge in [0, 0.05) is 11.5 Å². The molecule has 21 heavy (non-hydrogen) atoms. The highest BCUT2D eigenvalue weighted by molar-refractivity contribution is 6.12. The lowest BCUT2D eigenvalue weighted by molar-refractivity contribution is 0.473. The van der Waals surface area contributed by atoms with E-state index in [4.69, 9.17) is 8.83 Å². The third kappa shape index (κ3) is 1.65. The summed E-state index contributed by atoms with van der Waals surface area (Å²) in [4.78, 5) is 12.2. The average molecular weight is 280 g/mol. The number of phenolic OH excluding ortho intramolecular Hbond substituents is 1. The van der Waals surface area contributed by atoms with Gasteiger partial charge in [0.15, 0.2) is 5.58 Å². The zero-order chi connectivity index (χ0) is 14.6. The highest BCUT2D eigenvalue weighted by Gasteiger charge is 2.16. The van der Waals surface area contributed by atoms with Crippen LogP contribution in [0.1, 0.15) is 12.5 Å². The summed E-state index contributed by atoms with van der Waals surface area (Å²) in [5.74, 6) is 0.0504. The van der Waals surface area contributed by atoms with Gasteiger partial charge >= 0.3 is 5.63 Å². The summed E-state index contributed by atoms with van der Waals surface area (Å²) in [6.07, 6.45) is 0.899. The van der Waals surface area contributed by atoms with Crippen LogP contribution in [0.15, 0.2) is 50.0 Å². The van der Waals surface area contributed by atoms with Crippen LogP contribution in [0.25, 0.3) is 32.9 Å². The summed E-state index contributed by atoms with van der Waals surface area (Å²) in [6.45, 7) is 2.07. The predicted octanol–water partition coefficient (Wildman–Crippen LogP) is 3.96. The van der Waals surface area contributed by atoms with E-state index in [2.05, 4.69) is 6.92 Å². The third-order valence-electron chi connectivity index (χ3n) is 3.78. The van der Waals surface area contributed by atoms with Gasteiger partial charge in [-0.3, -0.25) is 0 Å². The van der Waals surface area contributed by atoms with E-state index in [-0.39, 0.29) is 5.75 Å². The fraction of sp³-hybridized carbons (Fsp3) is 0.118. The first-order valence-electron chi connectivity index (χ1n) is 6.78. The van der Waals surface area contributed by atoms with Gasteiger partial charge in [-0.15, -0.1) is 0 Å². The Kier molecular flexibility index (Phi) is 2.36. The molecule has 0 saturated heterocycles. The van der Waals surface area contributed by atoms with Gasteiger partial charge in [-0.2, -0.15) is 0 Å². The van der Waals surface area contributed by atoms with Crippen molar-refractivity contribution in [2.24, 2.45) is 0 Å². The summed E-state index contributed by atoms with van der Waals surface area (Å²) in [7, 11) is 0. The van der Waals surface area contributed by atoms with Crippen molar-refractivity contribution >= 4 is 32.9 Å². The Morgan fingerprint density at radius 2 is 1.76 bits per heavy atom. The first-order valence-corrected chi connectivity index (χ1v) is 6.78. The summed E-state index contributed by atoms with van der Waals surface area (Å²) < 4.78 is 11.2. The van der Waals surface area contributed by atoms with Gasteiger partial charge in [-0.1, -0.05) is 13.0 Å². The quantitative estimate of drug-likeness (QED) is 0.536. The molecule has 2 aromatic carbocycles. The fourth-order valence-electron chi connectivity index (χ4n) is 2.69. The van der Waals surface area contributed by atoms with Crippen LogP contribution >= 0.6 is 0 Å². The van der Waals surface area contributed by atoms with E-state index < -0.39 is 5.63 Å². The van der Waals surface area contributed by atoms with E-state index in [0.29, 0.717) is 27.5 Å². The molecule has 0 aliphatic carbocycles. The summed E-state index contributed by atoms with van der Waals surface area (Å²) in [5.41, 5.74) is 2.20. The van der Waals surface area contributed by atoms with Crippen LogP contribution in [-0.2, 0) is 6.42 Å². The molecule has 0 unspecified atom stereocenters. The van der Waals surface area contributed by atoms with Gasteiger partial charge in [-0.05, 0) is 36.2 Å². The number of rotatable bonds is 1. The molecule has 1 N–H and O–H groups in total. The van der Waals surface area contributed by atoms with Crippen LogP contribution in [-0.4, -0.2) is 5.11 Å². The van der Waals surface area contributed by atoms with Crippen molar-refractivity contribution in [1.29, 1.82) is 0 Å².